The molecule has 33 heavy (non-hydrogen) atoms. The summed E-state index contributed by atoms with van der Waals surface area (Å²) in [6, 6.07) is 8.32. The van der Waals surface area contributed by atoms with Crippen molar-refractivity contribution in [2.75, 3.05) is 24.5 Å². The topological polar surface area (TPSA) is 89.5 Å². The highest BCUT2D eigenvalue weighted by atomic mass is 19.1. The summed E-state index contributed by atoms with van der Waals surface area (Å²) in [5.74, 6) is 0.151. The van der Waals surface area contributed by atoms with Crippen molar-refractivity contribution in [3.8, 4) is 11.1 Å². The lowest BCUT2D eigenvalue weighted by molar-refractivity contribution is 0.129. The number of carbonyl (C=O) groups is 1. The third-order valence-corrected chi connectivity index (χ3v) is 6.91. The predicted octanol–water partition coefficient (Wildman–Crippen LogP) is 2.47. The number of amides is 1. The maximum absolute atomic E-state index is 15.0. The normalized spacial score (nSPS) is 27.8. The minimum absolute atomic E-state index is 0.295. The molecule has 1 unspecified atom stereocenters. The van der Waals surface area contributed by atoms with Crippen LogP contribution in [0.3, 0.4) is 0 Å². The molecule has 1 aromatic carbocycles. The third kappa shape index (κ3) is 3.08. The molecule has 1 aliphatic carbocycles. The number of cyclic esters (lactones) is 1. The van der Waals surface area contributed by atoms with E-state index in [0.717, 1.165) is 18.8 Å². The van der Waals surface area contributed by atoms with Gasteiger partial charge in [-0.3, -0.25) is 9.88 Å². The quantitative estimate of drug-likeness (QED) is 0.607. The van der Waals surface area contributed by atoms with Crippen LogP contribution < -0.4 is 10.2 Å². The number of ether oxygens (including phenoxy) is 1. The van der Waals surface area contributed by atoms with Crippen LogP contribution in [-0.2, 0) is 16.8 Å². The number of halogens is 1. The zero-order valence-electron chi connectivity index (χ0n) is 17.6. The summed E-state index contributed by atoms with van der Waals surface area (Å²) >= 11 is 0. The predicted molar refractivity (Wildman–Crippen MR) is 115 cm³/mol. The number of carbonyl (C=O) groups excluding carboxylic acids is 1. The lowest BCUT2D eigenvalue weighted by Gasteiger charge is -2.15. The number of nitrogens with zero attached hydrogens (tertiary/aromatic N) is 6. The number of pyridine rings is 1. The number of hydrogen-bond donors (Lipinski definition) is 1. The summed E-state index contributed by atoms with van der Waals surface area (Å²) in [5.41, 5.74) is 1.66. The Kier molecular flexibility index (Phi) is 4.41. The highest BCUT2D eigenvalue weighted by Gasteiger charge is 2.76. The fourth-order valence-corrected chi connectivity index (χ4v) is 5.18. The Bertz CT molecular complexity index is 1240. The van der Waals surface area contributed by atoms with Gasteiger partial charge in [0.05, 0.1) is 36.8 Å². The summed E-state index contributed by atoms with van der Waals surface area (Å²) in [7, 11) is 0. The minimum atomic E-state index is -0.537. The number of rotatable bonds is 5. The number of piperidine rings is 1. The number of fused-ring (bicyclic) bond motifs is 1. The van der Waals surface area contributed by atoms with Crippen LogP contribution in [0.25, 0.3) is 16.0 Å². The maximum Gasteiger partial charge on any atom is 0.414 e. The van der Waals surface area contributed by atoms with Gasteiger partial charge in [0.15, 0.2) is 0 Å². The van der Waals surface area contributed by atoms with Crippen LogP contribution in [-0.4, -0.2) is 51.8 Å². The van der Waals surface area contributed by atoms with Gasteiger partial charge in [-0.1, -0.05) is 11.3 Å². The first-order valence-electron chi connectivity index (χ1n) is 10.8. The van der Waals surface area contributed by atoms with Crippen molar-refractivity contribution >= 4 is 11.8 Å². The monoisotopic (exact) mass is 445 g/mol. The smallest absolute Gasteiger partial charge is 0.414 e. The summed E-state index contributed by atoms with van der Waals surface area (Å²) in [6.07, 6.45) is 3.95. The standard InChI is InChI=1S/C23H20FN7O2/c1-25-23(18-10-26-11-19(18)23)21-5-2-14(9-27-21)17-4-3-15(8-20(17)24)31-13-16(33-22(31)32)12-30-7-6-28-29-30/h2-9,16,18-19,26H,10-13H2/t16-,18-,19+,23?/m0/s1. The molecule has 3 aromatic rings. The molecular weight excluding hydrogens is 425 g/mol. The lowest BCUT2D eigenvalue weighted by atomic mass is 10.0. The Hall–Kier alpha value is -3.84. The van der Waals surface area contributed by atoms with Crippen LogP contribution in [0.2, 0.25) is 0 Å². The van der Waals surface area contributed by atoms with E-state index in [4.69, 9.17) is 11.3 Å². The van der Waals surface area contributed by atoms with Gasteiger partial charge in [0.2, 0.25) is 0 Å². The van der Waals surface area contributed by atoms with Crippen molar-refractivity contribution in [2.45, 2.75) is 18.2 Å². The Morgan fingerprint density at radius 2 is 2.12 bits per heavy atom. The second-order valence-corrected chi connectivity index (χ2v) is 8.65. The first-order chi connectivity index (χ1) is 16.1. The highest BCUT2D eigenvalue weighted by molar-refractivity contribution is 5.90. The average Bonchev–Trinajstić information content (AvgIpc) is 3.35. The largest absolute Gasteiger partial charge is 0.442 e. The molecule has 0 radical (unpaired) electrons. The fourth-order valence-electron chi connectivity index (χ4n) is 5.18. The van der Waals surface area contributed by atoms with E-state index in [1.165, 1.54) is 11.0 Å². The molecule has 3 aliphatic rings. The Morgan fingerprint density at radius 3 is 2.79 bits per heavy atom. The van der Waals surface area contributed by atoms with Gasteiger partial charge in [0.1, 0.15) is 17.6 Å². The summed E-state index contributed by atoms with van der Waals surface area (Å²) in [4.78, 5) is 22.2. The first kappa shape index (κ1) is 19.8. The molecule has 166 valence electrons. The second-order valence-electron chi connectivity index (χ2n) is 8.65. The molecule has 3 fully saturated rings. The van der Waals surface area contributed by atoms with Crippen molar-refractivity contribution in [3.63, 3.8) is 0 Å². The molecule has 0 bridgehead atoms. The van der Waals surface area contributed by atoms with Gasteiger partial charge in [-0.2, -0.15) is 0 Å². The van der Waals surface area contributed by atoms with E-state index in [0.29, 0.717) is 41.7 Å². The van der Waals surface area contributed by atoms with Crippen LogP contribution in [0, 0.1) is 24.2 Å². The van der Waals surface area contributed by atoms with Gasteiger partial charge in [-0.15, -0.1) is 5.10 Å². The second kappa shape index (κ2) is 7.35. The van der Waals surface area contributed by atoms with Crippen molar-refractivity contribution in [1.82, 2.24) is 25.3 Å². The zero-order valence-corrected chi connectivity index (χ0v) is 17.6. The SMILES string of the molecule is [C-]#[N+]C1(c2ccc(-c3ccc(N4C[C@H](Cn5ccnn5)OC4=O)cc3F)cn2)[C@@H]2CNC[C@@H]21. The van der Waals surface area contributed by atoms with E-state index in [1.807, 2.05) is 12.1 Å². The molecule has 1 amide bonds. The molecule has 2 aromatic heterocycles. The number of nitrogens with one attached hydrogen (secondary N) is 1. The highest BCUT2D eigenvalue weighted by Crippen LogP contribution is 2.62. The molecule has 9 nitrogen and oxygen atoms in total. The van der Waals surface area contributed by atoms with E-state index in [-0.39, 0.29) is 0 Å². The van der Waals surface area contributed by atoms with E-state index in [9.17, 15) is 4.79 Å². The van der Waals surface area contributed by atoms with Gasteiger partial charge < -0.3 is 14.9 Å². The first-order valence-corrected chi connectivity index (χ1v) is 10.8. The zero-order chi connectivity index (χ0) is 22.6. The summed E-state index contributed by atoms with van der Waals surface area (Å²) < 4.78 is 22.0. The van der Waals surface area contributed by atoms with E-state index in [1.54, 1.807) is 35.4 Å². The average molecular weight is 445 g/mol. The molecule has 4 atom stereocenters. The van der Waals surface area contributed by atoms with E-state index >= 15 is 4.39 Å². The van der Waals surface area contributed by atoms with Crippen molar-refractivity contribution in [2.24, 2.45) is 11.8 Å². The molecule has 0 spiro atoms. The van der Waals surface area contributed by atoms with Crippen molar-refractivity contribution in [3.05, 3.63) is 71.9 Å². The fraction of sp³-hybridized carbons (Fsp3) is 0.348. The van der Waals surface area contributed by atoms with E-state index in [2.05, 4.69) is 25.5 Å². The molecule has 2 saturated heterocycles. The van der Waals surface area contributed by atoms with Gasteiger partial charge in [-0.25, -0.2) is 20.4 Å². The van der Waals surface area contributed by atoms with Crippen molar-refractivity contribution < 1.29 is 13.9 Å². The van der Waals surface area contributed by atoms with Gasteiger partial charge >= 0.3 is 6.09 Å². The lowest BCUT2D eigenvalue weighted by Crippen LogP contribution is -2.26. The maximum atomic E-state index is 15.0. The Labute approximate surface area is 189 Å². The number of hydrogen-bond acceptors (Lipinski definition) is 6. The molecule has 2 aliphatic heterocycles. The third-order valence-electron chi connectivity index (χ3n) is 6.91. The number of aromatic nitrogens is 4. The van der Waals surface area contributed by atoms with E-state index < -0.39 is 23.6 Å². The molecule has 1 saturated carbocycles. The van der Waals surface area contributed by atoms with Crippen LogP contribution >= 0.6 is 0 Å². The van der Waals surface area contributed by atoms with Crippen molar-refractivity contribution in [1.29, 1.82) is 0 Å². The number of anilines is 1. The minimum Gasteiger partial charge on any atom is -0.442 e. The Morgan fingerprint density at radius 1 is 1.27 bits per heavy atom. The van der Waals surface area contributed by atoms with Crippen LogP contribution in [0.4, 0.5) is 14.9 Å². The molecule has 10 heteroatoms. The summed E-state index contributed by atoms with van der Waals surface area (Å²) in [6.45, 7) is 10.0. The van der Waals surface area contributed by atoms with Gasteiger partial charge in [-0.05, 0) is 24.3 Å². The van der Waals surface area contributed by atoms with Crippen LogP contribution in [0.1, 0.15) is 5.69 Å². The molecule has 6 rings (SSSR count). The molecule has 4 heterocycles. The van der Waals surface area contributed by atoms with Crippen LogP contribution in [0.15, 0.2) is 48.9 Å². The molecular formula is C23H20FN7O2. The number of benzene rings is 1. The summed E-state index contributed by atoms with van der Waals surface area (Å²) in [5, 5.41) is 10.9. The Balaban J connectivity index is 1.20. The van der Waals surface area contributed by atoms with Crippen LogP contribution in [0.5, 0.6) is 0 Å². The van der Waals surface area contributed by atoms with Gasteiger partial charge in [0.25, 0.3) is 5.54 Å². The van der Waals surface area contributed by atoms with Gasteiger partial charge in [0, 0.05) is 36.6 Å². The molecule has 1 N–H and O–H groups in total.